The Labute approximate surface area is 112 Å². The molecule has 5 nitrogen and oxygen atoms in total. The lowest BCUT2D eigenvalue weighted by molar-refractivity contribution is -0.118. The molecule has 0 spiro atoms. The first-order valence-corrected chi connectivity index (χ1v) is 6.15. The zero-order valence-corrected chi connectivity index (χ0v) is 10.3. The van der Waals surface area contributed by atoms with Gasteiger partial charge in [-0.2, -0.15) is 0 Å². The molecule has 20 heavy (non-hydrogen) atoms. The average Bonchev–Trinajstić information content (AvgIpc) is 2.47. The van der Waals surface area contributed by atoms with Crippen LogP contribution in [0.3, 0.4) is 0 Å². The van der Waals surface area contributed by atoms with Crippen LogP contribution in [-0.2, 0) is 4.79 Å². The molecule has 0 fully saturated rings. The first kappa shape index (κ1) is 11.0. The topological polar surface area (TPSA) is 68.5 Å². The second kappa shape index (κ2) is 3.84. The number of benzene rings is 2. The molecule has 4 rings (SSSR count). The van der Waals surface area contributed by atoms with Gasteiger partial charge in [-0.25, -0.2) is 4.79 Å². The molecule has 5 heteroatoms. The Morgan fingerprint density at radius 1 is 0.950 bits per heavy atom. The summed E-state index contributed by atoms with van der Waals surface area (Å²) in [5.41, 5.74) is 0.473. The van der Waals surface area contributed by atoms with E-state index in [0.717, 1.165) is 10.8 Å². The Morgan fingerprint density at radius 2 is 1.75 bits per heavy atom. The Bertz CT molecular complexity index is 926. The predicted octanol–water partition coefficient (Wildman–Crippen LogP) is 2.28. The largest absolute Gasteiger partial charge is 0.478 e. The minimum atomic E-state index is -0.415. The number of hydrogen-bond donors (Lipinski definition) is 1. The summed E-state index contributed by atoms with van der Waals surface area (Å²) in [5.74, 6) is 0.185. The first-order valence-electron chi connectivity index (χ1n) is 6.15. The number of carbonyl (C=O) groups is 1. The summed E-state index contributed by atoms with van der Waals surface area (Å²) >= 11 is 0. The molecular weight excluding hydrogens is 258 g/mol. The van der Waals surface area contributed by atoms with Gasteiger partial charge in [-0.3, -0.25) is 4.79 Å². The van der Waals surface area contributed by atoms with E-state index in [1.165, 1.54) is 0 Å². The minimum absolute atomic E-state index is 0.0807. The molecule has 98 valence electrons. The number of nitrogens with one attached hydrogen (secondary N) is 1. The lowest BCUT2D eigenvalue weighted by Gasteiger charge is -2.18. The van der Waals surface area contributed by atoms with Crippen molar-refractivity contribution in [3.05, 3.63) is 46.8 Å². The second-order valence-electron chi connectivity index (χ2n) is 4.59. The number of ether oxygens (including phenoxy) is 1. The maximum absolute atomic E-state index is 12.0. The summed E-state index contributed by atoms with van der Waals surface area (Å²) in [6, 6.07) is 10.8. The fourth-order valence-corrected chi connectivity index (χ4v) is 2.49. The third kappa shape index (κ3) is 1.43. The van der Waals surface area contributed by atoms with Gasteiger partial charge < -0.3 is 14.5 Å². The molecule has 0 atom stereocenters. The van der Waals surface area contributed by atoms with Crippen LogP contribution in [0.5, 0.6) is 5.75 Å². The number of rotatable bonds is 0. The molecule has 0 unspecified atom stereocenters. The third-order valence-corrected chi connectivity index (χ3v) is 3.37. The van der Waals surface area contributed by atoms with Crippen LogP contribution in [0.2, 0.25) is 0 Å². The highest BCUT2D eigenvalue weighted by atomic mass is 16.5. The van der Waals surface area contributed by atoms with Crippen molar-refractivity contribution < 1.29 is 13.9 Å². The van der Waals surface area contributed by atoms with E-state index in [1.54, 1.807) is 18.2 Å². The van der Waals surface area contributed by atoms with E-state index < -0.39 is 5.63 Å². The Hall–Kier alpha value is -2.82. The smallest absolute Gasteiger partial charge is 0.344 e. The number of hydrogen-bond acceptors (Lipinski definition) is 4. The van der Waals surface area contributed by atoms with Crippen LogP contribution in [0.4, 0.5) is 5.69 Å². The van der Waals surface area contributed by atoms with Crippen LogP contribution in [0.25, 0.3) is 21.7 Å². The van der Waals surface area contributed by atoms with Crippen LogP contribution >= 0.6 is 0 Å². The monoisotopic (exact) mass is 267 g/mol. The summed E-state index contributed by atoms with van der Waals surface area (Å²) in [4.78, 5) is 23.3. The lowest BCUT2D eigenvalue weighted by Crippen LogP contribution is -2.25. The van der Waals surface area contributed by atoms with Crippen molar-refractivity contribution in [2.24, 2.45) is 0 Å². The van der Waals surface area contributed by atoms with E-state index in [0.29, 0.717) is 22.4 Å². The van der Waals surface area contributed by atoms with Crippen molar-refractivity contribution in [1.82, 2.24) is 0 Å². The number of amides is 1. The molecule has 0 saturated heterocycles. The molecule has 2 aromatic carbocycles. The zero-order chi connectivity index (χ0) is 13.7. The molecule has 1 amide bonds. The maximum atomic E-state index is 12.0. The molecule has 0 saturated carbocycles. The molecule has 0 bridgehead atoms. The fourth-order valence-electron chi connectivity index (χ4n) is 2.49. The van der Waals surface area contributed by atoms with Gasteiger partial charge in [0.1, 0.15) is 0 Å². The van der Waals surface area contributed by atoms with Crippen LogP contribution in [0.15, 0.2) is 45.6 Å². The van der Waals surface area contributed by atoms with Crippen LogP contribution in [-0.4, -0.2) is 12.5 Å². The Morgan fingerprint density at radius 3 is 2.60 bits per heavy atom. The van der Waals surface area contributed by atoms with E-state index in [1.807, 2.05) is 18.2 Å². The zero-order valence-electron chi connectivity index (χ0n) is 10.3. The minimum Gasteiger partial charge on any atom is -0.478 e. The normalized spacial score (nSPS) is 13.9. The van der Waals surface area contributed by atoms with Gasteiger partial charge in [0, 0.05) is 10.8 Å². The van der Waals surface area contributed by atoms with Crippen molar-refractivity contribution in [1.29, 1.82) is 0 Å². The van der Waals surface area contributed by atoms with Gasteiger partial charge in [0.25, 0.3) is 5.91 Å². The first-order chi connectivity index (χ1) is 9.74. The molecule has 3 aromatic rings. The van der Waals surface area contributed by atoms with Crippen molar-refractivity contribution >= 4 is 33.3 Å². The van der Waals surface area contributed by atoms with E-state index in [9.17, 15) is 9.59 Å². The third-order valence-electron chi connectivity index (χ3n) is 3.37. The summed E-state index contributed by atoms with van der Waals surface area (Å²) in [6.45, 7) is -0.0807. The molecule has 0 radical (unpaired) electrons. The predicted molar refractivity (Wildman–Crippen MR) is 74.1 cm³/mol. The quantitative estimate of drug-likeness (QED) is 0.501. The molecule has 2 heterocycles. The van der Waals surface area contributed by atoms with Crippen molar-refractivity contribution in [3.8, 4) is 5.75 Å². The van der Waals surface area contributed by atoms with E-state index >= 15 is 0 Å². The Kier molecular flexibility index (Phi) is 2.12. The average molecular weight is 267 g/mol. The SMILES string of the molecule is O=C1COc2c(ccc3c2oc(=O)c2ccccc23)N1. The van der Waals surface area contributed by atoms with Gasteiger partial charge in [0.2, 0.25) is 0 Å². The van der Waals surface area contributed by atoms with Crippen molar-refractivity contribution in [2.45, 2.75) is 0 Å². The number of carbonyl (C=O) groups excluding carboxylic acids is 1. The van der Waals surface area contributed by atoms with Gasteiger partial charge in [0.15, 0.2) is 17.9 Å². The van der Waals surface area contributed by atoms with Crippen molar-refractivity contribution in [2.75, 3.05) is 11.9 Å². The van der Waals surface area contributed by atoms with Crippen LogP contribution < -0.4 is 15.7 Å². The summed E-state index contributed by atoms with van der Waals surface area (Å²) in [5, 5.41) is 4.82. The second-order valence-corrected chi connectivity index (χ2v) is 4.59. The summed E-state index contributed by atoms with van der Waals surface area (Å²) in [6.07, 6.45) is 0. The summed E-state index contributed by atoms with van der Waals surface area (Å²) in [7, 11) is 0. The van der Waals surface area contributed by atoms with Gasteiger partial charge in [-0.05, 0) is 18.2 Å². The van der Waals surface area contributed by atoms with Crippen LogP contribution in [0.1, 0.15) is 0 Å². The number of anilines is 1. The molecule has 1 aliphatic rings. The molecular formula is C15H9NO4. The number of fused-ring (bicyclic) bond motifs is 5. The van der Waals surface area contributed by atoms with Crippen LogP contribution in [0, 0.1) is 0 Å². The molecule has 0 aliphatic carbocycles. The van der Waals surface area contributed by atoms with Gasteiger partial charge >= 0.3 is 5.63 Å². The van der Waals surface area contributed by atoms with E-state index in [2.05, 4.69) is 5.32 Å². The lowest BCUT2D eigenvalue weighted by atomic mass is 10.1. The van der Waals surface area contributed by atoms with Crippen molar-refractivity contribution in [3.63, 3.8) is 0 Å². The summed E-state index contributed by atoms with van der Waals surface area (Å²) < 4.78 is 10.8. The molecule has 1 N–H and O–H groups in total. The molecule has 1 aromatic heterocycles. The van der Waals surface area contributed by atoms with E-state index in [4.69, 9.17) is 9.15 Å². The Balaban J connectivity index is 2.17. The standard InChI is InChI=1S/C15H9NO4/c17-12-7-19-14-11(16-12)6-5-9-8-3-1-2-4-10(8)15(18)20-13(9)14/h1-6H,7H2,(H,16,17). The maximum Gasteiger partial charge on any atom is 0.344 e. The van der Waals surface area contributed by atoms with Gasteiger partial charge in [-0.15, -0.1) is 0 Å². The van der Waals surface area contributed by atoms with Gasteiger partial charge in [0.05, 0.1) is 11.1 Å². The fraction of sp³-hybridized carbons (Fsp3) is 0.0667. The molecule has 1 aliphatic heterocycles. The van der Waals surface area contributed by atoms with E-state index in [-0.39, 0.29) is 12.5 Å². The van der Waals surface area contributed by atoms with Gasteiger partial charge in [-0.1, -0.05) is 18.2 Å². The highest BCUT2D eigenvalue weighted by Crippen LogP contribution is 2.37. The highest BCUT2D eigenvalue weighted by Gasteiger charge is 2.21. The highest BCUT2D eigenvalue weighted by molar-refractivity contribution is 6.09.